The number of hydrogen-bond donors (Lipinski definition) is 0. The van der Waals surface area contributed by atoms with Gasteiger partial charge in [-0.15, -0.1) is 6.04 Å². The molecule has 0 bridgehead atoms. The van der Waals surface area contributed by atoms with E-state index in [0.717, 1.165) is 0 Å². The summed E-state index contributed by atoms with van der Waals surface area (Å²) < 4.78 is 0. The molecule has 0 saturated heterocycles. The molecule has 2 radical (unpaired) electrons. The molecule has 1 nitrogen and oxygen atoms in total. The zero-order valence-corrected chi connectivity index (χ0v) is 11.1. The van der Waals surface area contributed by atoms with Crippen molar-refractivity contribution in [3.05, 3.63) is 6.92 Å². The molecular formula is C5H9NY2-2. The molecule has 0 aromatic carbocycles. The quantitative estimate of drug-likeness (QED) is 0.496. The van der Waals surface area contributed by atoms with Gasteiger partial charge in [-0.25, -0.2) is 0 Å². The standard InChI is InChI=1S/C5H9N.2Y/c1-4-6-5(2)3;;/h5H,2H2,1,3H3;;/q-2;;/t5-;;/m1../s1. The molecule has 1 atom stereocenters. The molecule has 0 saturated carbocycles. The van der Waals surface area contributed by atoms with E-state index in [2.05, 4.69) is 18.1 Å². The molecule has 0 N–H and O–H groups in total. The molecule has 0 heterocycles. The second-order valence-corrected chi connectivity index (χ2v) is 1.20. The third kappa shape index (κ3) is 15.7. The molecule has 0 aliphatic carbocycles. The van der Waals surface area contributed by atoms with Crippen LogP contribution in [0.25, 0.3) is 0 Å². The second-order valence-electron chi connectivity index (χ2n) is 1.20. The van der Waals surface area contributed by atoms with Crippen molar-refractivity contribution in [1.29, 1.82) is 0 Å². The maximum atomic E-state index is 3.76. The maximum absolute atomic E-state index is 3.76. The summed E-state index contributed by atoms with van der Waals surface area (Å²) in [7, 11) is 0. The fourth-order valence-corrected chi connectivity index (χ4v) is 0.220. The zero-order valence-electron chi connectivity index (χ0n) is 5.39. The van der Waals surface area contributed by atoms with Crippen LogP contribution in [0.3, 0.4) is 0 Å². The molecule has 42 valence electrons. The van der Waals surface area contributed by atoms with Crippen LogP contribution in [0.5, 0.6) is 0 Å². The van der Waals surface area contributed by atoms with Crippen LogP contribution in [0.15, 0.2) is 4.99 Å². The minimum atomic E-state index is 0. The van der Waals surface area contributed by atoms with E-state index in [1.165, 1.54) is 0 Å². The van der Waals surface area contributed by atoms with Gasteiger partial charge in [0.15, 0.2) is 0 Å². The van der Waals surface area contributed by atoms with Crippen molar-refractivity contribution < 1.29 is 65.4 Å². The largest absolute Gasteiger partial charge is 0.530 e. The zero-order chi connectivity index (χ0) is 4.99. The Balaban J connectivity index is -0.000000125. The minimum absolute atomic E-state index is 0. The molecule has 0 aromatic heterocycles. The second kappa shape index (κ2) is 11.6. The Bertz CT molecular complexity index is 52.4. The van der Waals surface area contributed by atoms with Gasteiger partial charge in [-0.1, -0.05) is 6.92 Å². The van der Waals surface area contributed by atoms with E-state index in [4.69, 9.17) is 0 Å². The van der Waals surface area contributed by atoms with Crippen molar-refractivity contribution in [3.63, 3.8) is 0 Å². The Kier molecular flexibility index (Phi) is 24.0. The molecule has 3 heteroatoms. The van der Waals surface area contributed by atoms with Gasteiger partial charge in [0.05, 0.1) is 0 Å². The summed E-state index contributed by atoms with van der Waals surface area (Å²) in [6.45, 7) is 7.28. The van der Waals surface area contributed by atoms with Crippen molar-refractivity contribution >= 4 is 6.21 Å². The first-order valence-electron chi connectivity index (χ1n) is 1.97. The topological polar surface area (TPSA) is 12.4 Å². The number of nitrogens with zero attached hydrogens (tertiary/aromatic N) is 1. The molecule has 0 aliphatic rings. The number of hydrogen-bond acceptors (Lipinski definition) is 1. The Morgan fingerprint density at radius 1 is 1.50 bits per heavy atom. The summed E-state index contributed by atoms with van der Waals surface area (Å²) in [5, 5.41) is 0. The van der Waals surface area contributed by atoms with Crippen LogP contribution in [0.2, 0.25) is 0 Å². The fourth-order valence-electron chi connectivity index (χ4n) is 0.220. The monoisotopic (exact) mass is 261 g/mol. The normalized spacial score (nSPS) is 11.9. The fraction of sp³-hybridized carbons (Fsp3) is 0.600. The van der Waals surface area contributed by atoms with Gasteiger partial charge in [-0.3, -0.25) is 0 Å². The van der Waals surface area contributed by atoms with Crippen LogP contribution >= 0.6 is 0 Å². The van der Waals surface area contributed by atoms with Crippen LogP contribution in [0.4, 0.5) is 0 Å². The summed E-state index contributed by atoms with van der Waals surface area (Å²) in [4.78, 5) is 3.76. The van der Waals surface area contributed by atoms with Gasteiger partial charge in [0.1, 0.15) is 0 Å². The van der Waals surface area contributed by atoms with E-state index in [0.29, 0.717) is 0 Å². The molecule has 0 amide bonds. The first-order chi connectivity index (χ1) is 2.77. The van der Waals surface area contributed by atoms with E-state index in [9.17, 15) is 0 Å². The maximum Gasteiger partial charge on any atom is 0 e. The van der Waals surface area contributed by atoms with E-state index in [1.54, 1.807) is 6.92 Å². The van der Waals surface area contributed by atoms with Crippen molar-refractivity contribution in [3.8, 4) is 0 Å². The Morgan fingerprint density at radius 3 is 1.88 bits per heavy atom. The predicted molar refractivity (Wildman–Crippen MR) is 27.9 cm³/mol. The van der Waals surface area contributed by atoms with Crippen LogP contribution in [0, 0.1) is 6.92 Å². The van der Waals surface area contributed by atoms with Gasteiger partial charge in [0.2, 0.25) is 0 Å². The average molecular weight is 261 g/mol. The number of aliphatic imine (C=N–C) groups is 1. The first kappa shape index (κ1) is 16.5. The van der Waals surface area contributed by atoms with Crippen LogP contribution in [-0.2, 0) is 65.4 Å². The Hall–Kier alpha value is 1.88. The Morgan fingerprint density at radius 2 is 1.88 bits per heavy atom. The molecule has 8 heavy (non-hydrogen) atoms. The van der Waals surface area contributed by atoms with Gasteiger partial charge in [-0.05, 0) is 0 Å². The summed E-state index contributed by atoms with van der Waals surface area (Å²) in [6.07, 6.45) is 2.63. The van der Waals surface area contributed by atoms with Gasteiger partial charge < -0.3 is 18.1 Å². The van der Waals surface area contributed by atoms with Gasteiger partial charge in [0, 0.05) is 65.4 Å². The van der Waals surface area contributed by atoms with E-state index in [1.807, 2.05) is 6.92 Å². The van der Waals surface area contributed by atoms with Crippen molar-refractivity contribution in [1.82, 2.24) is 0 Å². The molecule has 0 unspecified atom stereocenters. The summed E-state index contributed by atoms with van der Waals surface area (Å²) in [5.74, 6) is 0. The minimum Gasteiger partial charge on any atom is -0.530 e. The van der Waals surface area contributed by atoms with Crippen LogP contribution < -0.4 is 0 Å². The molecular weight excluding hydrogens is 252 g/mol. The molecule has 0 aromatic rings. The molecule has 0 fully saturated rings. The molecule has 0 aliphatic heterocycles. The van der Waals surface area contributed by atoms with Gasteiger partial charge in [-0.2, -0.15) is 6.92 Å². The van der Waals surface area contributed by atoms with Crippen molar-refractivity contribution in [2.45, 2.75) is 19.9 Å². The van der Waals surface area contributed by atoms with E-state index < -0.39 is 0 Å². The number of rotatable bonds is 1. The SMILES string of the molecule is [CH2-][C@H](C)N=[C-]C.[Y].[Y]. The summed E-state index contributed by atoms with van der Waals surface area (Å²) in [6, 6.07) is 0.162. The summed E-state index contributed by atoms with van der Waals surface area (Å²) >= 11 is 0. The average Bonchev–Trinajstić information content (AvgIpc) is 1.35. The van der Waals surface area contributed by atoms with Crippen molar-refractivity contribution in [2.24, 2.45) is 4.99 Å². The molecule has 0 rings (SSSR count). The predicted octanol–water partition coefficient (Wildman–Crippen LogP) is 1.17. The Labute approximate surface area is 102 Å². The van der Waals surface area contributed by atoms with E-state index >= 15 is 0 Å². The van der Waals surface area contributed by atoms with Crippen LogP contribution in [-0.4, -0.2) is 12.3 Å². The molecule has 0 spiro atoms. The third-order valence-electron chi connectivity index (χ3n) is 0.349. The smallest absolute Gasteiger partial charge is 0 e. The van der Waals surface area contributed by atoms with Crippen molar-refractivity contribution in [2.75, 3.05) is 0 Å². The van der Waals surface area contributed by atoms with Gasteiger partial charge in [0.25, 0.3) is 0 Å². The first-order valence-corrected chi connectivity index (χ1v) is 1.97. The van der Waals surface area contributed by atoms with Gasteiger partial charge >= 0.3 is 0 Å². The van der Waals surface area contributed by atoms with Crippen LogP contribution in [0.1, 0.15) is 13.8 Å². The summed E-state index contributed by atoms with van der Waals surface area (Å²) in [5.41, 5.74) is 0. The third-order valence-corrected chi connectivity index (χ3v) is 0.349. The van der Waals surface area contributed by atoms with E-state index in [-0.39, 0.29) is 71.5 Å².